The maximum absolute atomic E-state index is 13.2. The number of esters is 1. The van der Waals surface area contributed by atoms with Crippen LogP contribution in [-0.2, 0) is 19.1 Å². The summed E-state index contributed by atoms with van der Waals surface area (Å²) >= 11 is 0. The zero-order chi connectivity index (χ0) is 22.7. The second-order valence-corrected chi connectivity index (χ2v) is 10.6. The Bertz CT molecular complexity index is 989. The number of fused-ring (bicyclic) bond motifs is 5. The van der Waals surface area contributed by atoms with Crippen LogP contribution in [0.2, 0.25) is 0 Å². The van der Waals surface area contributed by atoms with Crippen molar-refractivity contribution in [3.8, 4) is 0 Å². The fourth-order valence-electron chi connectivity index (χ4n) is 7.55. The van der Waals surface area contributed by atoms with Gasteiger partial charge in [-0.25, -0.2) is 0 Å². The molecule has 0 bridgehead atoms. The molecule has 4 aliphatic rings. The van der Waals surface area contributed by atoms with Crippen LogP contribution < -0.4 is 0 Å². The molecule has 3 fully saturated rings. The van der Waals surface area contributed by atoms with Gasteiger partial charge in [0, 0.05) is 37.7 Å². The Morgan fingerprint density at radius 2 is 2.03 bits per heavy atom. The van der Waals surface area contributed by atoms with Gasteiger partial charge >= 0.3 is 5.97 Å². The van der Waals surface area contributed by atoms with Gasteiger partial charge in [-0.1, -0.05) is 19.1 Å². The first-order chi connectivity index (χ1) is 15.2. The molecule has 1 unspecified atom stereocenters. The SMILES string of the molecule is CC(=O)OC1C[C@H]2[C@@H]3CC=C(c4cccnc4)[C@@]3(C)CC[C@@H]2[C@@]2(C)CCC(=O)CC(=O)N12. The van der Waals surface area contributed by atoms with Crippen molar-refractivity contribution in [2.45, 2.75) is 77.5 Å². The van der Waals surface area contributed by atoms with Crippen molar-refractivity contribution < 1.29 is 19.1 Å². The molecule has 3 heterocycles. The van der Waals surface area contributed by atoms with E-state index in [0.29, 0.717) is 37.0 Å². The van der Waals surface area contributed by atoms with Crippen LogP contribution in [0.15, 0.2) is 30.6 Å². The summed E-state index contributed by atoms with van der Waals surface area (Å²) in [5.41, 5.74) is 2.13. The van der Waals surface area contributed by atoms with Crippen molar-refractivity contribution in [3.05, 3.63) is 36.2 Å². The van der Waals surface area contributed by atoms with Crippen molar-refractivity contribution in [2.75, 3.05) is 0 Å². The van der Waals surface area contributed by atoms with Crippen LogP contribution in [0.25, 0.3) is 5.57 Å². The van der Waals surface area contributed by atoms with E-state index in [2.05, 4.69) is 31.0 Å². The van der Waals surface area contributed by atoms with Crippen molar-refractivity contribution >= 4 is 23.2 Å². The monoisotopic (exact) mass is 436 g/mol. The molecule has 170 valence electrons. The molecule has 1 aromatic heterocycles. The topological polar surface area (TPSA) is 76.6 Å². The van der Waals surface area contributed by atoms with E-state index in [4.69, 9.17) is 4.74 Å². The zero-order valence-electron chi connectivity index (χ0n) is 19.2. The number of allylic oxidation sites excluding steroid dienone is 2. The molecular weight excluding hydrogens is 404 g/mol. The highest BCUT2D eigenvalue weighted by atomic mass is 16.6. The predicted molar refractivity (Wildman–Crippen MR) is 119 cm³/mol. The van der Waals surface area contributed by atoms with Crippen molar-refractivity contribution in [2.24, 2.45) is 23.2 Å². The molecule has 32 heavy (non-hydrogen) atoms. The van der Waals surface area contributed by atoms with Gasteiger partial charge in [0.25, 0.3) is 0 Å². The Balaban J connectivity index is 1.53. The van der Waals surface area contributed by atoms with Crippen LogP contribution in [0.1, 0.15) is 71.3 Å². The van der Waals surface area contributed by atoms with Gasteiger partial charge in [0.05, 0.1) is 6.42 Å². The van der Waals surface area contributed by atoms with E-state index in [9.17, 15) is 14.4 Å². The molecule has 1 amide bonds. The summed E-state index contributed by atoms with van der Waals surface area (Å²) in [6, 6.07) is 4.13. The third-order valence-electron chi connectivity index (χ3n) is 8.93. The van der Waals surface area contributed by atoms with Crippen LogP contribution >= 0.6 is 0 Å². The van der Waals surface area contributed by atoms with Gasteiger partial charge in [0.2, 0.25) is 5.91 Å². The summed E-state index contributed by atoms with van der Waals surface area (Å²) in [6.07, 6.45) is 10.2. The van der Waals surface area contributed by atoms with Gasteiger partial charge in [-0.05, 0) is 73.0 Å². The number of aromatic nitrogens is 1. The average Bonchev–Trinajstić information content (AvgIpc) is 3.04. The van der Waals surface area contributed by atoms with Gasteiger partial charge < -0.3 is 9.64 Å². The molecule has 6 nitrogen and oxygen atoms in total. The van der Waals surface area contributed by atoms with E-state index in [1.807, 2.05) is 12.3 Å². The summed E-state index contributed by atoms with van der Waals surface area (Å²) in [5, 5.41) is 0. The molecule has 0 spiro atoms. The first-order valence-electron chi connectivity index (χ1n) is 11.9. The highest BCUT2D eigenvalue weighted by Gasteiger charge is 2.61. The first-order valence-corrected chi connectivity index (χ1v) is 11.9. The number of pyridine rings is 1. The smallest absolute Gasteiger partial charge is 0.304 e. The molecular formula is C26H32N2O4. The number of rotatable bonds is 2. The normalized spacial score (nSPS) is 38.8. The fourth-order valence-corrected chi connectivity index (χ4v) is 7.55. The second kappa shape index (κ2) is 7.53. The molecule has 2 saturated heterocycles. The van der Waals surface area contributed by atoms with Crippen molar-refractivity contribution in [3.63, 3.8) is 0 Å². The van der Waals surface area contributed by atoms with Gasteiger partial charge in [0.1, 0.15) is 5.78 Å². The minimum absolute atomic E-state index is 0.00852. The highest BCUT2D eigenvalue weighted by Crippen LogP contribution is 2.64. The number of carbonyl (C=O) groups excluding carboxylic acids is 3. The second-order valence-electron chi connectivity index (χ2n) is 10.6. The lowest BCUT2D eigenvalue weighted by Crippen LogP contribution is -2.66. The molecule has 6 heteroatoms. The van der Waals surface area contributed by atoms with Crippen LogP contribution in [0.5, 0.6) is 0 Å². The molecule has 2 aliphatic carbocycles. The van der Waals surface area contributed by atoms with E-state index < -0.39 is 11.8 Å². The molecule has 0 aromatic carbocycles. The lowest BCUT2D eigenvalue weighted by atomic mass is 9.51. The molecule has 6 atom stereocenters. The van der Waals surface area contributed by atoms with E-state index in [0.717, 1.165) is 19.3 Å². The largest absolute Gasteiger partial charge is 0.442 e. The van der Waals surface area contributed by atoms with Gasteiger partial charge in [-0.15, -0.1) is 0 Å². The number of piperidine rings is 1. The van der Waals surface area contributed by atoms with E-state index in [-0.39, 0.29) is 29.5 Å². The summed E-state index contributed by atoms with van der Waals surface area (Å²) in [7, 11) is 0. The van der Waals surface area contributed by atoms with Crippen molar-refractivity contribution in [1.82, 2.24) is 9.88 Å². The summed E-state index contributed by atoms with van der Waals surface area (Å²) in [6.45, 7) is 5.90. The zero-order valence-corrected chi connectivity index (χ0v) is 19.2. The summed E-state index contributed by atoms with van der Waals surface area (Å²) < 4.78 is 5.76. The van der Waals surface area contributed by atoms with Crippen LogP contribution in [0, 0.1) is 23.2 Å². The van der Waals surface area contributed by atoms with Gasteiger partial charge in [-0.2, -0.15) is 0 Å². The van der Waals surface area contributed by atoms with Crippen LogP contribution in [-0.4, -0.2) is 39.3 Å². The quantitative estimate of drug-likeness (QED) is 0.514. The van der Waals surface area contributed by atoms with E-state index in [1.165, 1.54) is 18.1 Å². The first kappa shape index (κ1) is 21.4. The third kappa shape index (κ3) is 3.13. The predicted octanol–water partition coefficient (Wildman–Crippen LogP) is 4.15. The number of ether oxygens (including phenoxy) is 1. The fraction of sp³-hybridized carbons (Fsp3) is 0.615. The molecule has 2 aliphatic heterocycles. The third-order valence-corrected chi connectivity index (χ3v) is 8.93. The molecule has 0 radical (unpaired) electrons. The molecule has 1 aromatic rings. The molecule has 0 N–H and O–H groups in total. The van der Waals surface area contributed by atoms with Crippen LogP contribution in [0.3, 0.4) is 0 Å². The highest BCUT2D eigenvalue weighted by molar-refractivity contribution is 5.99. The van der Waals surface area contributed by atoms with Crippen molar-refractivity contribution in [1.29, 1.82) is 0 Å². The molecule has 5 rings (SSSR count). The summed E-state index contributed by atoms with van der Waals surface area (Å²) in [4.78, 5) is 43.6. The number of amides is 1. The lowest BCUT2D eigenvalue weighted by Gasteiger charge is -2.61. The number of carbonyl (C=O) groups is 3. The minimum Gasteiger partial charge on any atom is -0.442 e. The number of hydrogen-bond acceptors (Lipinski definition) is 5. The Labute approximate surface area is 189 Å². The number of ketones is 1. The number of hydrogen-bond donors (Lipinski definition) is 0. The lowest BCUT2D eigenvalue weighted by molar-refractivity contribution is -0.203. The Kier molecular flexibility index (Phi) is 5.02. The number of nitrogens with zero attached hydrogens (tertiary/aromatic N) is 2. The maximum atomic E-state index is 13.2. The molecule has 1 saturated carbocycles. The minimum atomic E-state index is -0.595. The maximum Gasteiger partial charge on any atom is 0.304 e. The van der Waals surface area contributed by atoms with E-state index >= 15 is 0 Å². The van der Waals surface area contributed by atoms with Gasteiger partial charge in [-0.3, -0.25) is 19.4 Å². The van der Waals surface area contributed by atoms with E-state index in [1.54, 1.807) is 11.1 Å². The standard InChI is InChI=1S/C26H32N2O4/c1-16(29)32-24-14-19-21-7-6-20(17-5-4-12-27-15-17)25(21,2)10-9-22(19)26(3)11-8-18(30)13-23(31)28(24)26/h4-6,12,15,19,21-22,24H,7-11,13-14H2,1-3H3/t19-,21-,22-,24?,25+,26+/m0/s1. The Morgan fingerprint density at radius 1 is 1.22 bits per heavy atom. The average molecular weight is 437 g/mol. The Hall–Kier alpha value is -2.50. The van der Waals surface area contributed by atoms with Gasteiger partial charge in [0.15, 0.2) is 6.23 Å². The summed E-state index contributed by atoms with van der Waals surface area (Å²) in [5.74, 6) is 0.468. The van der Waals surface area contributed by atoms with Crippen LogP contribution in [0.4, 0.5) is 0 Å². The number of Topliss-reactive ketones (excluding diaryl/α,β-unsaturated/α-hetero) is 1. The Morgan fingerprint density at radius 3 is 2.75 bits per heavy atom.